The summed E-state index contributed by atoms with van der Waals surface area (Å²) in [6, 6.07) is 1.96. The summed E-state index contributed by atoms with van der Waals surface area (Å²) in [4.78, 5) is 8.55. The fourth-order valence-electron chi connectivity index (χ4n) is 1.04. The summed E-state index contributed by atoms with van der Waals surface area (Å²) in [5, 5.41) is 1.19. The first kappa shape index (κ1) is 7.68. The first-order valence-corrected chi connectivity index (χ1v) is 4.79. The van der Waals surface area contributed by atoms with Gasteiger partial charge in [0.05, 0.1) is 15.2 Å². The second-order valence-corrected chi connectivity index (χ2v) is 4.11. The molecule has 0 spiro atoms. The molecule has 2 nitrogen and oxygen atoms in total. The lowest BCUT2D eigenvalue weighted by Gasteiger charge is -1.94. The van der Waals surface area contributed by atoms with E-state index in [0.29, 0.717) is 5.92 Å². The van der Waals surface area contributed by atoms with Crippen molar-refractivity contribution in [1.29, 1.82) is 0 Å². The Morgan fingerprint density at radius 3 is 2.92 bits per heavy atom. The van der Waals surface area contributed by atoms with E-state index < -0.39 is 0 Å². The maximum atomic E-state index is 4.49. The van der Waals surface area contributed by atoms with E-state index in [4.69, 9.17) is 0 Å². The van der Waals surface area contributed by atoms with Gasteiger partial charge in [-0.3, -0.25) is 4.98 Å². The maximum Gasteiger partial charge on any atom is 0.0964 e. The largest absolute Gasteiger partial charge is 0.263 e. The zero-order valence-electron chi connectivity index (χ0n) is 7.11. The van der Waals surface area contributed by atoms with E-state index in [1.165, 1.54) is 9.71 Å². The Kier molecular flexibility index (Phi) is 1.81. The van der Waals surface area contributed by atoms with Gasteiger partial charge in [0.1, 0.15) is 0 Å². The molecule has 3 heteroatoms. The Hall–Kier alpha value is -0.960. The standard InChI is InChI=1S/C9H10N2S/c1-6(2)9-11-7-3-4-10-5-8(7)12-9/h3-6H,1-2H3. The molecule has 62 valence electrons. The molecule has 0 aliphatic heterocycles. The van der Waals surface area contributed by atoms with Gasteiger partial charge in [0.25, 0.3) is 0 Å². The summed E-state index contributed by atoms with van der Waals surface area (Å²) in [5.74, 6) is 0.516. The second-order valence-electron chi connectivity index (χ2n) is 3.05. The van der Waals surface area contributed by atoms with Crippen molar-refractivity contribution in [3.05, 3.63) is 23.5 Å². The normalized spacial score (nSPS) is 11.2. The van der Waals surface area contributed by atoms with Crippen LogP contribution in [0.2, 0.25) is 0 Å². The quantitative estimate of drug-likeness (QED) is 0.671. The van der Waals surface area contributed by atoms with Gasteiger partial charge in [0, 0.05) is 18.3 Å². The molecule has 0 aromatic carbocycles. The van der Waals surface area contributed by atoms with Crippen LogP contribution in [0, 0.1) is 0 Å². The third-order valence-electron chi connectivity index (χ3n) is 1.70. The van der Waals surface area contributed by atoms with Crippen LogP contribution < -0.4 is 0 Å². The van der Waals surface area contributed by atoms with E-state index in [9.17, 15) is 0 Å². The van der Waals surface area contributed by atoms with Crippen molar-refractivity contribution in [1.82, 2.24) is 9.97 Å². The average Bonchev–Trinajstić information content (AvgIpc) is 2.46. The van der Waals surface area contributed by atoms with Crippen LogP contribution in [-0.4, -0.2) is 9.97 Å². The molecule has 0 atom stereocenters. The Labute approximate surface area is 75.3 Å². The molecular weight excluding hydrogens is 168 g/mol. The highest BCUT2D eigenvalue weighted by atomic mass is 32.1. The molecule has 0 saturated carbocycles. The average molecular weight is 178 g/mol. The number of hydrogen-bond donors (Lipinski definition) is 0. The summed E-state index contributed by atoms with van der Waals surface area (Å²) >= 11 is 1.73. The molecule has 0 unspecified atom stereocenters. The third kappa shape index (κ3) is 1.20. The number of fused-ring (bicyclic) bond motifs is 1. The SMILES string of the molecule is CC(C)c1nc2ccncc2s1. The van der Waals surface area contributed by atoms with E-state index in [1.807, 2.05) is 12.3 Å². The predicted octanol–water partition coefficient (Wildman–Crippen LogP) is 2.81. The Bertz CT molecular complexity index is 359. The van der Waals surface area contributed by atoms with Gasteiger partial charge in [-0.15, -0.1) is 11.3 Å². The summed E-state index contributed by atoms with van der Waals surface area (Å²) in [5.41, 5.74) is 1.07. The minimum absolute atomic E-state index is 0.516. The fourth-order valence-corrected chi connectivity index (χ4v) is 1.98. The lowest BCUT2D eigenvalue weighted by Crippen LogP contribution is -1.82. The van der Waals surface area contributed by atoms with Crippen molar-refractivity contribution in [2.75, 3.05) is 0 Å². The highest BCUT2D eigenvalue weighted by molar-refractivity contribution is 7.18. The van der Waals surface area contributed by atoms with Gasteiger partial charge in [0.2, 0.25) is 0 Å². The molecule has 0 aliphatic rings. The van der Waals surface area contributed by atoms with Gasteiger partial charge in [-0.1, -0.05) is 13.8 Å². The molecule has 2 rings (SSSR count). The molecule has 0 radical (unpaired) electrons. The first-order chi connectivity index (χ1) is 5.77. The van der Waals surface area contributed by atoms with Crippen molar-refractivity contribution in [3.8, 4) is 0 Å². The van der Waals surface area contributed by atoms with E-state index in [0.717, 1.165) is 5.52 Å². The van der Waals surface area contributed by atoms with E-state index in [-0.39, 0.29) is 0 Å². The molecular formula is C9H10N2S. The number of thiazole rings is 1. The smallest absolute Gasteiger partial charge is 0.0964 e. The van der Waals surface area contributed by atoms with Crippen molar-refractivity contribution in [2.45, 2.75) is 19.8 Å². The minimum Gasteiger partial charge on any atom is -0.263 e. The van der Waals surface area contributed by atoms with E-state index >= 15 is 0 Å². The van der Waals surface area contributed by atoms with Crippen LogP contribution in [0.25, 0.3) is 10.2 Å². The number of aromatic nitrogens is 2. The molecule has 2 heterocycles. The zero-order chi connectivity index (χ0) is 8.55. The van der Waals surface area contributed by atoms with E-state index in [2.05, 4.69) is 23.8 Å². The molecule has 12 heavy (non-hydrogen) atoms. The molecule has 0 aliphatic carbocycles. The minimum atomic E-state index is 0.516. The van der Waals surface area contributed by atoms with Crippen LogP contribution in [0.5, 0.6) is 0 Å². The summed E-state index contributed by atoms with van der Waals surface area (Å²) in [7, 11) is 0. The summed E-state index contributed by atoms with van der Waals surface area (Å²) < 4.78 is 1.18. The second kappa shape index (κ2) is 2.83. The zero-order valence-corrected chi connectivity index (χ0v) is 7.93. The number of hydrogen-bond acceptors (Lipinski definition) is 3. The predicted molar refractivity (Wildman–Crippen MR) is 51.5 cm³/mol. The Morgan fingerprint density at radius 1 is 1.42 bits per heavy atom. The lowest BCUT2D eigenvalue weighted by atomic mass is 10.2. The van der Waals surface area contributed by atoms with Crippen LogP contribution in [0.1, 0.15) is 24.8 Å². The number of pyridine rings is 1. The molecule has 0 bridgehead atoms. The first-order valence-electron chi connectivity index (χ1n) is 3.98. The van der Waals surface area contributed by atoms with E-state index in [1.54, 1.807) is 17.5 Å². The number of nitrogens with zero attached hydrogens (tertiary/aromatic N) is 2. The van der Waals surface area contributed by atoms with Crippen LogP contribution in [0.4, 0.5) is 0 Å². The van der Waals surface area contributed by atoms with Crippen LogP contribution in [0.15, 0.2) is 18.5 Å². The van der Waals surface area contributed by atoms with Crippen LogP contribution >= 0.6 is 11.3 Å². The summed E-state index contributed by atoms with van der Waals surface area (Å²) in [6.07, 6.45) is 3.66. The fraction of sp³-hybridized carbons (Fsp3) is 0.333. The topological polar surface area (TPSA) is 25.8 Å². The maximum absolute atomic E-state index is 4.49. The van der Waals surface area contributed by atoms with Gasteiger partial charge in [0.15, 0.2) is 0 Å². The van der Waals surface area contributed by atoms with Crippen LogP contribution in [-0.2, 0) is 0 Å². The highest BCUT2D eigenvalue weighted by Crippen LogP contribution is 2.25. The molecule has 2 aromatic rings. The van der Waals surface area contributed by atoms with Gasteiger partial charge >= 0.3 is 0 Å². The van der Waals surface area contributed by atoms with Crippen molar-refractivity contribution in [3.63, 3.8) is 0 Å². The van der Waals surface area contributed by atoms with Gasteiger partial charge in [-0.2, -0.15) is 0 Å². The molecule has 0 saturated heterocycles. The molecule has 2 aromatic heterocycles. The van der Waals surface area contributed by atoms with Gasteiger partial charge in [-0.25, -0.2) is 4.98 Å². The lowest BCUT2D eigenvalue weighted by molar-refractivity contribution is 0.857. The van der Waals surface area contributed by atoms with Crippen molar-refractivity contribution < 1.29 is 0 Å². The number of rotatable bonds is 1. The highest BCUT2D eigenvalue weighted by Gasteiger charge is 2.05. The summed E-state index contributed by atoms with van der Waals surface area (Å²) in [6.45, 7) is 4.32. The van der Waals surface area contributed by atoms with Gasteiger partial charge in [-0.05, 0) is 6.07 Å². The Morgan fingerprint density at radius 2 is 2.25 bits per heavy atom. The molecule has 0 fully saturated rings. The molecule has 0 N–H and O–H groups in total. The Balaban J connectivity index is 2.62. The van der Waals surface area contributed by atoms with Crippen molar-refractivity contribution >= 4 is 21.6 Å². The third-order valence-corrected chi connectivity index (χ3v) is 3.01. The van der Waals surface area contributed by atoms with Crippen LogP contribution in [0.3, 0.4) is 0 Å². The monoisotopic (exact) mass is 178 g/mol. The molecule has 0 amide bonds. The van der Waals surface area contributed by atoms with Crippen molar-refractivity contribution in [2.24, 2.45) is 0 Å². The van der Waals surface area contributed by atoms with Gasteiger partial charge < -0.3 is 0 Å².